The third kappa shape index (κ3) is 2.29. The van der Waals surface area contributed by atoms with Crippen LogP contribution < -0.4 is 10.9 Å². The molecular weight excluding hydrogens is 184 g/mol. The van der Waals surface area contributed by atoms with Crippen molar-refractivity contribution in [1.29, 1.82) is 0 Å². The number of hydrogen-bond donors (Lipinski definition) is 5. The van der Waals surface area contributed by atoms with E-state index in [1.807, 2.05) is 0 Å². The lowest BCUT2D eigenvalue weighted by Crippen LogP contribution is -2.66. The summed E-state index contributed by atoms with van der Waals surface area (Å²) in [6.07, 6.45) is -1.73. The van der Waals surface area contributed by atoms with Crippen LogP contribution >= 0.6 is 12.4 Å². The van der Waals surface area contributed by atoms with Crippen molar-refractivity contribution in [2.75, 3.05) is 6.61 Å². The molecule has 0 spiro atoms. The molecule has 1 rings (SSSR count). The van der Waals surface area contributed by atoms with E-state index < -0.39 is 18.2 Å². The van der Waals surface area contributed by atoms with Gasteiger partial charge in [0.15, 0.2) is 0 Å². The molecule has 1 saturated heterocycles. The van der Waals surface area contributed by atoms with Gasteiger partial charge in [0.25, 0.3) is 0 Å². The monoisotopic (exact) mass is 198 g/mol. The second kappa shape index (κ2) is 4.96. The van der Waals surface area contributed by atoms with Gasteiger partial charge in [-0.15, -0.1) is 12.4 Å². The fraction of sp³-hybridized carbons (Fsp3) is 1.00. The van der Waals surface area contributed by atoms with Gasteiger partial charge < -0.3 is 15.3 Å². The Hall–Kier alpha value is 0.0900. The lowest BCUT2D eigenvalue weighted by atomic mass is 9.99. The van der Waals surface area contributed by atoms with Crippen LogP contribution in [0.5, 0.6) is 0 Å². The summed E-state index contributed by atoms with van der Waals surface area (Å²) in [5.41, 5.74) is 5.43. The molecule has 1 aliphatic rings. The van der Waals surface area contributed by atoms with Gasteiger partial charge in [-0.2, -0.15) is 0 Å². The normalized spacial score (nSPS) is 42.0. The summed E-state index contributed by atoms with van der Waals surface area (Å²) in [5, 5.41) is 27.3. The van der Waals surface area contributed by atoms with Crippen molar-refractivity contribution in [3.05, 3.63) is 0 Å². The Kier molecular flexibility index (Phi) is 5.00. The molecule has 0 aromatic rings. The van der Waals surface area contributed by atoms with Gasteiger partial charge >= 0.3 is 0 Å². The van der Waals surface area contributed by atoms with E-state index in [0.717, 1.165) is 0 Å². The molecule has 0 aliphatic carbocycles. The molecule has 5 nitrogen and oxygen atoms in total. The van der Waals surface area contributed by atoms with Crippen molar-refractivity contribution in [1.82, 2.24) is 10.9 Å². The Bertz CT molecular complexity index is 136. The van der Waals surface area contributed by atoms with Crippen molar-refractivity contribution < 1.29 is 15.3 Å². The first-order valence-corrected chi connectivity index (χ1v) is 3.65. The van der Waals surface area contributed by atoms with Crippen molar-refractivity contribution in [3.63, 3.8) is 0 Å². The fourth-order valence-electron chi connectivity index (χ4n) is 1.10. The van der Waals surface area contributed by atoms with Crippen LogP contribution in [-0.2, 0) is 0 Å². The largest absolute Gasteiger partial charge is 0.395 e. The average molecular weight is 199 g/mol. The SMILES string of the molecule is C[C@H]1NN[C@@H](CO)[C@H](O)[C@@H]1O.Cl. The quantitative estimate of drug-likeness (QED) is 0.336. The van der Waals surface area contributed by atoms with Crippen molar-refractivity contribution in [2.24, 2.45) is 0 Å². The highest BCUT2D eigenvalue weighted by atomic mass is 35.5. The summed E-state index contributed by atoms with van der Waals surface area (Å²) in [6.45, 7) is 1.55. The Labute approximate surface area is 77.2 Å². The maximum atomic E-state index is 9.30. The predicted molar refractivity (Wildman–Crippen MR) is 45.9 cm³/mol. The van der Waals surface area contributed by atoms with E-state index >= 15 is 0 Å². The first-order chi connectivity index (χ1) is 5.16. The fourth-order valence-corrected chi connectivity index (χ4v) is 1.10. The topological polar surface area (TPSA) is 84.8 Å². The Morgan fingerprint density at radius 3 is 2.25 bits per heavy atom. The summed E-state index contributed by atoms with van der Waals surface area (Å²) in [6, 6.07) is -0.686. The van der Waals surface area contributed by atoms with Gasteiger partial charge in [-0.1, -0.05) is 0 Å². The highest BCUT2D eigenvalue weighted by Gasteiger charge is 2.34. The molecule has 0 unspecified atom stereocenters. The predicted octanol–water partition coefficient (Wildman–Crippen LogP) is -2.01. The maximum Gasteiger partial charge on any atom is 0.100 e. The van der Waals surface area contributed by atoms with Gasteiger partial charge in [0.1, 0.15) is 6.10 Å². The Morgan fingerprint density at radius 2 is 1.75 bits per heavy atom. The van der Waals surface area contributed by atoms with Crippen LogP contribution in [0.2, 0.25) is 0 Å². The zero-order valence-corrected chi connectivity index (χ0v) is 7.58. The van der Waals surface area contributed by atoms with Crippen molar-refractivity contribution in [3.8, 4) is 0 Å². The number of aliphatic hydroxyl groups is 3. The molecule has 1 fully saturated rings. The van der Waals surface area contributed by atoms with Crippen molar-refractivity contribution >= 4 is 12.4 Å². The molecule has 74 valence electrons. The molecule has 0 aromatic heterocycles. The van der Waals surface area contributed by atoms with Crippen LogP contribution in [0.3, 0.4) is 0 Å². The Balaban J connectivity index is 0.00000121. The number of rotatable bonds is 1. The summed E-state index contributed by atoms with van der Waals surface area (Å²) in [5.74, 6) is 0. The van der Waals surface area contributed by atoms with Crippen LogP contribution in [0.15, 0.2) is 0 Å². The van der Waals surface area contributed by atoms with E-state index in [1.165, 1.54) is 0 Å². The molecule has 0 amide bonds. The number of aliphatic hydroxyl groups excluding tert-OH is 3. The van der Waals surface area contributed by atoms with Gasteiger partial charge in [0.05, 0.1) is 18.8 Å². The minimum absolute atomic E-state index is 0. The van der Waals surface area contributed by atoms with Crippen LogP contribution in [0.1, 0.15) is 6.92 Å². The smallest absolute Gasteiger partial charge is 0.100 e. The van der Waals surface area contributed by atoms with Crippen LogP contribution in [0.25, 0.3) is 0 Å². The summed E-state index contributed by atoms with van der Waals surface area (Å²) in [7, 11) is 0. The standard InChI is InChI=1S/C6H14N2O3.ClH/c1-3-5(10)6(11)4(2-9)8-7-3;/h3-11H,2H2,1H3;1H/t3-,4+,5-,6+;/m1./s1. The first kappa shape index (κ1) is 12.1. The van der Waals surface area contributed by atoms with Gasteiger partial charge in [0.2, 0.25) is 0 Å². The second-order valence-electron chi connectivity index (χ2n) is 2.85. The number of halogens is 1. The van der Waals surface area contributed by atoms with Gasteiger partial charge in [-0.3, -0.25) is 5.43 Å². The number of hydrazine groups is 1. The van der Waals surface area contributed by atoms with Crippen LogP contribution in [0.4, 0.5) is 0 Å². The minimum Gasteiger partial charge on any atom is -0.395 e. The second-order valence-corrected chi connectivity index (χ2v) is 2.85. The van der Waals surface area contributed by atoms with E-state index in [-0.39, 0.29) is 25.1 Å². The minimum atomic E-state index is -0.906. The lowest BCUT2D eigenvalue weighted by Gasteiger charge is -2.36. The summed E-state index contributed by atoms with van der Waals surface area (Å²) >= 11 is 0. The van der Waals surface area contributed by atoms with E-state index in [0.29, 0.717) is 0 Å². The van der Waals surface area contributed by atoms with Gasteiger partial charge in [-0.05, 0) is 6.92 Å². The first-order valence-electron chi connectivity index (χ1n) is 3.65. The highest BCUT2D eigenvalue weighted by molar-refractivity contribution is 5.85. The molecule has 6 heteroatoms. The molecule has 1 heterocycles. The molecule has 0 bridgehead atoms. The molecule has 12 heavy (non-hydrogen) atoms. The van der Waals surface area contributed by atoms with E-state index in [2.05, 4.69) is 10.9 Å². The summed E-state index contributed by atoms with van der Waals surface area (Å²) < 4.78 is 0. The number of hydrogen-bond acceptors (Lipinski definition) is 5. The molecule has 1 aliphatic heterocycles. The molecule has 0 radical (unpaired) electrons. The number of nitrogens with one attached hydrogen (secondary N) is 2. The summed E-state index contributed by atoms with van der Waals surface area (Å²) in [4.78, 5) is 0. The van der Waals surface area contributed by atoms with Gasteiger partial charge in [0, 0.05) is 6.04 Å². The third-order valence-corrected chi connectivity index (χ3v) is 1.97. The molecule has 5 N–H and O–H groups in total. The van der Waals surface area contributed by atoms with Crippen LogP contribution in [-0.4, -0.2) is 46.2 Å². The van der Waals surface area contributed by atoms with Crippen molar-refractivity contribution in [2.45, 2.75) is 31.2 Å². The highest BCUT2D eigenvalue weighted by Crippen LogP contribution is 2.07. The molecule has 4 atom stereocenters. The zero-order valence-electron chi connectivity index (χ0n) is 6.77. The van der Waals surface area contributed by atoms with Gasteiger partial charge in [-0.25, -0.2) is 5.43 Å². The molecule has 0 aromatic carbocycles. The zero-order chi connectivity index (χ0) is 8.43. The maximum absolute atomic E-state index is 9.30. The molecular formula is C6H15ClN2O3. The van der Waals surface area contributed by atoms with E-state index in [1.54, 1.807) is 6.92 Å². The third-order valence-electron chi connectivity index (χ3n) is 1.97. The van der Waals surface area contributed by atoms with E-state index in [4.69, 9.17) is 5.11 Å². The van der Waals surface area contributed by atoms with Crippen LogP contribution in [0, 0.1) is 0 Å². The van der Waals surface area contributed by atoms with E-state index in [9.17, 15) is 10.2 Å². The average Bonchev–Trinajstić information content (AvgIpc) is 2.01. The lowest BCUT2D eigenvalue weighted by molar-refractivity contribution is -0.0639. The molecule has 0 saturated carbocycles. The Morgan fingerprint density at radius 1 is 1.17 bits per heavy atom.